The molecule has 0 aromatic rings. The van der Waals surface area contributed by atoms with Crippen LogP contribution in [0.5, 0.6) is 0 Å². The molecule has 0 rings (SSSR count). The molecule has 2 heteroatoms. The SMILES string of the molecule is CCCCCCCCCCCCCCCCCCC[NH3+].[Br-]. The van der Waals surface area contributed by atoms with Crippen molar-refractivity contribution in [2.45, 2.75) is 116 Å². The van der Waals surface area contributed by atoms with Crippen molar-refractivity contribution in [3.63, 3.8) is 0 Å². The maximum Gasteiger partial charge on any atom is 0.0739 e. The van der Waals surface area contributed by atoms with Crippen molar-refractivity contribution in [3.8, 4) is 0 Å². The third kappa shape index (κ3) is 22.9. The van der Waals surface area contributed by atoms with Gasteiger partial charge < -0.3 is 22.7 Å². The zero-order valence-corrected chi connectivity index (χ0v) is 16.4. The lowest BCUT2D eigenvalue weighted by Gasteiger charge is -2.03. The molecule has 1 nitrogen and oxygen atoms in total. The molecule has 0 atom stereocenters. The summed E-state index contributed by atoms with van der Waals surface area (Å²) in [5, 5.41) is 0. The Labute approximate surface area is 145 Å². The van der Waals surface area contributed by atoms with Crippen molar-refractivity contribution in [3.05, 3.63) is 0 Å². The quantitative estimate of drug-likeness (QED) is 0.385. The zero-order valence-electron chi connectivity index (χ0n) is 14.8. The highest BCUT2D eigenvalue weighted by atomic mass is 79.9. The highest BCUT2D eigenvalue weighted by Gasteiger charge is 1.94. The van der Waals surface area contributed by atoms with E-state index in [2.05, 4.69) is 12.7 Å². The Hall–Kier alpha value is 0.440. The lowest BCUT2D eigenvalue weighted by atomic mass is 10.0. The number of rotatable bonds is 17. The molecule has 0 spiro atoms. The molecule has 0 aliphatic rings. The Morgan fingerprint density at radius 1 is 0.429 bits per heavy atom. The summed E-state index contributed by atoms with van der Waals surface area (Å²) in [5.41, 5.74) is 3.89. The number of hydrogen-bond donors (Lipinski definition) is 1. The number of unbranched alkanes of at least 4 members (excludes halogenated alkanes) is 16. The maximum atomic E-state index is 3.89. The summed E-state index contributed by atoms with van der Waals surface area (Å²) in [6, 6.07) is 0. The Bertz CT molecular complexity index is 144. The van der Waals surface area contributed by atoms with E-state index in [1.54, 1.807) is 0 Å². The van der Waals surface area contributed by atoms with E-state index in [1.807, 2.05) is 0 Å². The van der Waals surface area contributed by atoms with Gasteiger partial charge in [-0.05, 0) is 12.8 Å². The second-order valence-corrected chi connectivity index (χ2v) is 6.51. The van der Waals surface area contributed by atoms with Crippen LogP contribution in [-0.4, -0.2) is 6.54 Å². The van der Waals surface area contributed by atoms with Crippen LogP contribution in [0.3, 0.4) is 0 Å². The fourth-order valence-electron chi connectivity index (χ4n) is 2.90. The van der Waals surface area contributed by atoms with Crippen molar-refractivity contribution < 1.29 is 22.7 Å². The second-order valence-electron chi connectivity index (χ2n) is 6.51. The summed E-state index contributed by atoms with van der Waals surface area (Å²) in [6.45, 7) is 3.42. The minimum Gasteiger partial charge on any atom is -1.00 e. The zero-order chi connectivity index (χ0) is 14.7. The van der Waals surface area contributed by atoms with Crippen LogP contribution in [0.4, 0.5) is 0 Å². The Morgan fingerprint density at radius 2 is 0.667 bits per heavy atom. The summed E-state index contributed by atoms with van der Waals surface area (Å²) >= 11 is 0. The average Bonchev–Trinajstić information content (AvgIpc) is 2.47. The van der Waals surface area contributed by atoms with Crippen LogP contribution in [0.25, 0.3) is 0 Å². The van der Waals surface area contributed by atoms with Crippen molar-refractivity contribution in [1.29, 1.82) is 0 Å². The lowest BCUT2D eigenvalue weighted by molar-refractivity contribution is -0.368. The van der Waals surface area contributed by atoms with E-state index in [9.17, 15) is 0 Å². The van der Waals surface area contributed by atoms with Crippen molar-refractivity contribution in [2.24, 2.45) is 0 Å². The van der Waals surface area contributed by atoms with Gasteiger partial charge in [0.25, 0.3) is 0 Å². The summed E-state index contributed by atoms with van der Waals surface area (Å²) < 4.78 is 0. The molecule has 130 valence electrons. The molecular formula is C19H42BrN. The molecule has 0 unspecified atom stereocenters. The van der Waals surface area contributed by atoms with Crippen LogP contribution >= 0.6 is 0 Å². The topological polar surface area (TPSA) is 27.6 Å². The van der Waals surface area contributed by atoms with Gasteiger partial charge in [-0.15, -0.1) is 0 Å². The highest BCUT2D eigenvalue weighted by molar-refractivity contribution is 4.49. The van der Waals surface area contributed by atoms with Crippen LogP contribution in [0.15, 0.2) is 0 Å². The molecule has 0 heterocycles. The first-order valence-electron chi connectivity index (χ1n) is 9.71. The predicted molar refractivity (Wildman–Crippen MR) is 91.9 cm³/mol. The van der Waals surface area contributed by atoms with E-state index in [4.69, 9.17) is 0 Å². The predicted octanol–water partition coefficient (Wildman–Crippen LogP) is 2.88. The van der Waals surface area contributed by atoms with Gasteiger partial charge in [-0.1, -0.05) is 103 Å². The van der Waals surface area contributed by atoms with E-state index < -0.39 is 0 Å². The molecule has 0 aliphatic carbocycles. The molecule has 0 radical (unpaired) electrons. The minimum absolute atomic E-state index is 0. The largest absolute Gasteiger partial charge is 1.00 e. The van der Waals surface area contributed by atoms with Gasteiger partial charge in [0.1, 0.15) is 0 Å². The van der Waals surface area contributed by atoms with E-state index in [0.717, 1.165) is 6.54 Å². The van der Waals surface area contributed by atoms with Crippen LogP contribution in [0.1, 0.15) is 116 Å². The molecule has 0 aromatic carbocycles. The highest BCUT2D eigenvalue weighted by Crippen LogP contribution is 2.13. The van der Waals surface area contributed by atoms with Crippen LogP contribution in [-0.2, 0) is 0 Å². The standard InChI is InChI=1S/C19H41N.BrH/c1-2-3-4-5-6-7-8-9-10-11-12-13-14-15-16-17-18-19-20;/h2-20H2,1H3;1H. The maximum absolute atomic E-state index is 3.89. The first-order chi connectivity index (χ1) is 9.91. The number of hydrogen-bond acceptors (Lipinski definition) is 0. The number of halogens is 1. The first kappa shape index (κ1) is 23.7. The molecule has 0 aliphatic heterocycles. The van der Waals surface area contributed by atoms with Crippen molar-refractivity contribution in [1.82, 2.24) is 0 Å². The van der Waals surface area contributed by atoms with Gasteiger partial charge in [-0.2, -0.15) is 0 Å². The fraction of sp³-hybridized carbons (Fsp3) is 1.00. The third-order valence-corrected chi connectivity index (χ3v) is 4.35. The molecule has 0 bridgehead atoms. The molecule has 0 aromatic heterocycles. The molecule has 0 amide bonds. The molecule has 0 saturated heterocycles. The summed E-state index contributed by atoms with van der Waals surface area (Å²) in [4.78, 5) is 0. The van der Waals surface area contributed by atoms with E-state index in [1.165, 1.54) is 109 Å². The van der Waals surface area contributed by atoms with Gasteiger partial charge in [0, 0.05) is 0 Å². The molecular weight excluding hydrogens is 322 g/mol. The lowest BCUT2D eigenvalue weighted by Crippen LogP contribution is -3.00. The van der Waals surface area contributed by atoms with E-state index in [0.29, 0.717) is 0 Å². The van der Waals surface area contributed by atoms with Gasteiger partial charge in [0.2, 0.25) is 0 Å². The number of quaternary nitrogens is 1. The molecule has 0 fully saturated rings. The van der Waals surface area contributed by atoms with E-state index in [-0.39, 0.29) is 17.0 Å². The van der Waals surface area contributed by atoms with Crippen LogP contribution in [0.2, 0.25) is 0 Å². The average molecular weight is 364 g/mol. The summed E-state index contributed by atoms with van der Waals surface area (Å²) in [7, 11) is 0. The van der Waals surface area contributed by atoms with Gasteiger partial charge in [0.15, 0.2) is 0 Å². The van der Waals surface area contributed by atoms with Gasteiger partial charge >= 0.3 is 0 Å². The van der Waals surface area contributed by atoms with Crippen LogP contribution < -0.4 is 22.7 Å². The second kappa shape index (κ2) is 22.7. The van der Waals surface area contributed by atoms with Crippen molar-refractivity contribution in [2.75, 3.05) is 6.54 Å². The van der Waals surface area contributed by atoms with Gasteiger partial charge in [0.05, 0.1) is 6.54 Å². The van der Waals surface area contributed by atoms with Crippen molar-refractivity contribution >= 4 is 0 Å². The Morgan fingerprint density at radius 3 is 0.905 bits per heavy atom. The monoisotopic (exact) mass is 363 g/mol. The minimum atomic E-state index is 0. The molecule has 3 N–H and O–H groups in total. The fourth-order valence-corrected chi connectivity index (χ4v) is 2.90. The van der Waals surface area contributed by atoms with Crippen LogP contribution in [0, 0.1) is 0 Å². The Kier molecular flexibility index (Phi) is 25.6. The summed E-state index contributed by atoms with van der Waals surface area (Å²) in [6.07, 6.45) is 24.7. The Balaban J connectivity index is 0. The van der Waals surface area contributed by atoms with Gasteiger partial charge in [-0.3, -0.25) is 0 Å². The summed E-state index contributed by atoms with van der Waals surface area (Å²) in [5.74, 6) is 0. The normalized spacial score (nSPS) is 10.6. The smallest absolute Gasteiger partial charge is 0.0739 e. The van der Waals surface area contributed by atoms with Gasteiger partial charge in [-0.25, -0.2) is 0 Å². The van der Waals surface area contributed by atoms with E-state index >= 15 is 0 Å². The molecule has 21 heavy (non-hydrogen) atoms. The first-order valence-corrected chi connectivity index (χ1v) is 9.71. The molecule has 0 saturated carbocycles. The third-order valence-electron chi connectivity index (χ3n) is 4.35.